The van der Waals surface area contributed by atoms with Gasteiger partial charge in [0.2, 0.25) is 5.91 Å². The van der Waals surface area contributed by atoms with Gasteiger partial charge >= 0.3 is 0 Å². The third-order valence-corrected chi connectivity index (χ3v) is 1.39. The molecule has 0 radical (unpaired) electrons. The zero-order valence-electron chi connectivity index (χ0n) is 8.05. The van der Waals surface area contributed by atoms with Crippen molar-refractivity contribution in [3.8, 4) is 12.3 Å². The average Bonchev–Trinajstić information content (AvgIpc) is 2.04. The second kappa shape index (κ2) is 5.57. The van der Waals surface area contributed by atoms with E-state index in [1.54, 1.807) is 13.8 Å². The Morgan fingerprint density at radius 1 is 1.62 bits per heavy atom. The molecule has 0 atom stereocenters. The molecule has 0 aliphatic carbocycles. The predicted octanol–water partition coefficient (Wildman–Crippen LogP) is -0.904. The van der Waals surface area contributed by atoms with Gasteiger partial charge in [-0.2, -0.15) is 0 Å². The van der Waals surface area contributed by atoms with E-state index in [0.717, 1.165) is 0 Å². The highest BCUT2D eigenvalue weighted by atomic mass is 16.3. The highest BCUT2D eigenvalue weighted by Crippen LogP contribution is 1.98. The standard InChI is InChI=1S/C9H16N2O2/c1-4-5-10-6-8(13)11-9(2,3)7-12/h1,10,12H,5-7H2,2-3H3,(H,11,13). The van der Waals surface area contributed by atoms with Gasteiger partial charge in [0.1, 0.15) is 0 Å². The van der Waals surface area contributed by atoms with Crippen molar-refractivity contribution in [3.05, 3.63) is 0 Å². The van der Waals surface area contributed by atoms with Gasteiger partial charge in [-0.25, -0.2) is 0 Å². The molecule has 0 aliphatic heterocycles. The number of carbonyl (C=O) groups excluding carboxylic acids is 1. The van der Waals surface area contributed by atoms with Gasteiger partial charge in [0.05, 0.1) is 25.2 Å². The van der Waals surface area contributed by atoms with Gasteiger partial charge in [0.15, 0.2) is 0 Å². The average molecular weight is 184 g/mol. The number of hydrogen-bond donors (Lipinski definition) is 3. The van der Waals surface area contributed by atoms with Crippen LogP contribution < -0.4 is 10.6 Å². The third-order valence-electron chi connectivity index (χ3n) is 1.39. The van der Waals surface area contributed by atoms with E-state index in [0.29, 0.717) is 6.54 Å². The van der Waals surface area contributed by atoms with Gasteiger partial charge < -0.3 is 10.4 Å². The van der Waals surface area contributed by atoms with Gasteiger partial charge in [0, 0.05) is 0 Å². The summed E-state index contributed by atoms with van der Waals surface area (Å²) in [6, 6.07) is 0. The molecule has 0 saturated heterocycles. The maximum absolute atomic E-state index is 11.1. The molecular formula is C9H16N2O2. The van der Waals surface area contributed by atoms with Crippen molar-refractivity contribution in [1.29, 1.82) is 0 Å². The molecule has 4 heteroatoms. The number of rotatable bonds is 5. The van der Waals surface area contributed by atoms with E-state index in [-0.39, 0.29) is 19.1 Å². The number of carbonyl (C=O) groups is 1. The normalized spacial score (nSPS) is 10.6. The number of amides is 1. The van der Waals surface area contributed by atoms with Gasteiger partial charge in [-0.3, -0.25) is 10.1 Å². The lowest BCUT2D eigenvalue weighted by atomic mass is 10.1. The minimum absolute atomic E-state index is 0.0894. The molecule has 0 spiro atoms. The van der Waals surface area contributed by atoms with Crippen molar-refractivity contribution in [2.45, 2.75) is 19.4 Å². The fraction of sp³-hybridized carbons (Fsp3) is 0.667. The Kier molecular flexibility index (Phi) is 5.12. The molecule has 3 N–H and O–H groups in total. The van der Waals surface area contributed by atoms with E-state index < -0.39 is 5.54 Å². The molecule has 0 unspecified atom stereocenters. The monoisotopic (exact) mass is 184 g/mol. The Hall–Kier alpha value is -1.05. The lowest BCUT2D eigenvalue weighted by Crippen LogP contribution is -2.49. The molecule has 0 aromatic heterocycles. The summed E-state index contributed by atoms with van der Waals surface area (Å²) in [4.78, 5) is 11.1. The number of nitrogens with one attached hydrogen (secondary N) is 2. The lowest BCUT2D eigenvalue weighted by Gasteiger charge is -2.23. The fourth-order valence-corrected chi connectivity index (χ4v) is 0.709. The maximum atomic E-state index is 11.1. The maximum Gasteiger partial charge on any atom is 0.234 e. The molecule has 0 bridgehead atoms. The molecule has 0 aromatic carbocycles. The van der Waals surface area contributed by atoms with Crippen molar-refractivity contribution in [3.63, 3.8) is 0 Å². The number of aliphatic hydroxyl groups is 1. The summed E-state index contributed by atoms with van der Waals surface area (Å²) in [5, 5.41) is 14.2. The minimum Gasteiger partial charge on any atom is -0.394 e. The van der Waals surface area contributed by atoms with Crippen molar-refractivity contribution in [2.75, 3.05) is 19.7 Å². The van der Waals surface area contributed by atoms with Crippen LogP contribution in [0.2, 0.25) is 0 Å². The van der Waals surface area contributed by atoms with E-state index >= 15 is 0 Å². The van der Waals surface area contributed by atoms with Crippen molar-refractivity contribution < 1.29 is 9.90 Å². The number of terminal acetylenes is 1. The summed E-state index contributed by atoms with van der Waals surface area (Å²) in [5.74, 6) is 2.19. The molecule has 0 rings (SSSR count). The first kappa shape index (κ1) is 11.9. The van der Waals surface area contributed by atoms with Crippen LogP contribution in [0.5, 0.6) is 0 Å². The Bertz CT molecular complexity index is 206. The van der Waals surface area contributed by atoms with Crippen molar-refractivity contribution in [1.82, 2.24) is 10.6 Å². The van der Waals surface area contributed by atoms with E-state index in [1.807, 2.05) is 0 Å². The predicted molar refractivity (Wildman–Crippen MR) is 51.0 cm³/mol. The van der Waals surface area contributed by atoms with Gasteiger partial charge in [-0.1, -0.05) is 5.92 Å². The van der Waals surface area contributed by atoms with E-state index in [4.69, 9.17) is 11.5 Å². The summed E-state index contributed by atoms with van der Waals surface area (Å²) in [7, 11) is 0. The first-order chi connectivity index (χ1) is 6.02. The van der Waals surface area contributed by atoms with Crippen LogP contribution in [-0.4, -0.2) is 36.2 Å². The van der Waals surface area contributed by atoms with Crippen LogP contribution in [0.3, 0.4) is 0 Å². The molecule has 0 aromatic rings. The van der Waals surface area contributed by atoms with Gasteiger partial charge in [-0.05, 0) is 13.8 Å². The highest BCUT2D eigenvalue weighted by molar-refractivity contribution is 5.78. The van der Waals surface area contributed by atoms with Crippen LogP contribution in [0.15, 0.2) is 0 Å². The number of hydrogen-bond acceptors (Lipinski definition) is 3. The first-order valence-electron chi connectivity index (χ1n) is 4.08. The number of aliphatic hydroxyl groups excluding tert-OH is 1. The SMILES string of the molecule is C#CCNCC(=O)NC(C)(C)CO. The van der Waals surface area contributed by atoms with E-state index in [2.05, 4.69) is 16.6 Å². The molecule has 1 amide bonds. The van der Waals surface area contributed by atoms with Gasteiger partial charge in [-0.15, -0.1) is 6.42 Å². The quantitative estimate of drug-likeness (QED) is 0.383. The van der Waals surface area contributed by atoms with Crippen LogP contribution >= 0.6 is 0 Å². The summed E-state index contributed by atoms with van der Waals surface area (Å²) in [5.41, 5.74) is -0.574. The molecule has 0 heterocycles. The van der Waals surface area contributed by atoms with Crippen molar-refractivity contribution in [2.24, 2.45) is 0 Å². The zero-order valence-corrected chi connectivity index (χ0v) is 8.05. The Morgan fingerprint density at radius 3 is 2.69 bits per heavy atom. The molecular weight excluding hydrogens is 168 g/mol. The smallest absolute Gasteiger partial charge is 0.234 e. The minimum atomic E-state index is -0.574. The van der Waals surface area contributed by atoms with Crippen LogP contribution in [-0.2, 0) is 4.79 Å². The molecule has 0 saturated carbocycles. The van der Waals surface area contributed by atoms with E-state index in [1.165, 1.54) is 0 Å². The zero-order chi connectivity index (χ0) is 10.3. The Balaban J connectivity index is 3.69. The first-order valence-corrected chi connectivity index (χ1v) is 4.08. The third kappa shape index (κ3) is 6.14. The van der Waals surface area contributed by atoms with Crippen LogP contribution in [0.4, 0.5) is 0 Å². The summed E-state index contributed by atoms with van der Waals surface area (Å²) < 4.78 is 0. The van der Waals surface area contributed by atoms with Crippen molar-refractivity contribution >= 4 is 5.91 Å². The summed E-state index contributed by atoms with van der Waals surface area (Å²) >= 11 is 0. The van der Waals surface area contributed by atoms with Crippen LogP contribution in [0, 0.1) is 12.3 Å². The highest BCUT2D eigenvalue weighted by Gasteiger charge is 2.18. The second-order valence-electron chi connectivity index (χ2n) is 3.40. The van der Waals surface area contributed by atoms with Crippen LogP contribution in [0.1, 0.15) is 13.8 Å². The molecule has 0 aliphatic rings. The lowest BCUT2D eigenvalue weighted by molar-refractivity contribution is -0.122. The van der Waals surface area contributed by atoms with Crippen LogP contribution in [0.25, 0.3) is 0 Å². The van der Waals surface area contributed by atoms with Gasteiger partial charge in [0.25, 0.3) is 0 Å². The Morgan fingerprint density at radius 2 is 2.23 bits per heavy atom. The molecule has 0 fully saturated rings. The molecule has 13 heavy (non-hydrogen) atoms. The Labute approximate surface area is 78.7 Å². The second-order valence-corrected chi connectivity index (χ2v) is 3.40. The summed E-state index contributed by atoms with van der Waals surface area (Å²) in [6.07, 6.45) is 4.98. The van der Waals surface area contributed by atoms with E-state index in [9.17, 15) is 4.79 Å². The summed E-state index contributed by atoms with van der Waals surface area (Å²) in [6.45, 7) is 3.94. The molecule has 74 valence electrons. The fourth-order valence-electron chi connectivity index (χ4n) is 0.709. The topological polar surface area (TPSA) is 61.4 Å². The molecule has 4 nitrogen and oxygen atoms in total. The largest absolute Gasteiger partial charge is 0.394 e.